The predicted octanol–water partition coefficient (Wildman–Crippen LogP) is 5.47. The molecule has 1 heterocycles. The third-order valence-electron chi connectivity index (χ3n) is 4.73. The Bertz CT molecular complexity index is 1140. The summed E-state index contributed by atoms with van der Waals surface area (Å²) in [7, 11) is 0. The second kappa shape index (κ2) is 8.80. The summed E-state index contributed by atoms with van der Waals surface area (Å²) in [6.45, 7) is 1.24. The zero-order valence-electron chi connectivity index (χ0n) is 15.6. The van der Waals surface area contributed by atoms with E-state index in [0.717, 1.165) is 27.9 Å². The summed E-state index contributed by atoms with van der Waals surface area (Å²) in [5.74, 6) is 0.836. The van der Waals surface area contributed by atoms with Crippen LogP contribution in [0.15, 0.2) is 77.3 Å². The Morgan fingerprint density at radius 2 is 1.72 bits per heavy atom. The number of imidazole rings is 1. The normalized spacial score (nSPS) is 11.0. The third kappa shape index (κ3) is 4.69. The molecule has 0 radical (unpaired) electrons. The van der Waals surface area contributed by atoms with Crippen LogP contribution in [-0.2, 0) is 13.0 Å². The maximum atomic E-state index is 12.3. The number of carbonyl (C=O) groups is 1. The van der Waals surface area contributed by atoms with Gasteiger partial charge in [0.2, 0.25) is 0 Å². The Labute approximate surface area is 182 Å². The quantitative estimate of drug-likeness (QED) is 0.408. The third-order valence-corrected chi connectivity index (χ3v) is 5.51. The van der Waals surface area contributed by atoms with Crippen molar-refractivity contribution in [3.63, 3.8) is 0 Å². The zero-order chi connectivity index (χ0) is 20.2. The fraction of sp³-hybridized carbons (Fsp3) is 0.130. The molecule has 0 saturated carbocycles. The minimum absolute atomic E-state index is 0.114. The Morgan fingerprint density at radius 1 is 1.00 bits per heavy atom. The minimum Gasteiger partial charge on any atom is -0.352 e. The fourth-order valence-corrected chi connectivity index (χ4v) is 3.65. The van der Waals surface area contributed by atoms with E-state index in [1.807, 2.05) is 30.3 Å². The van der Waals surface area contributed by atoms with Gasteiger partial charge in [-0.3, -0.25) is 4.79 Å². The molecule has 6 heteroatoms. The molecule has 0 aliphatic carbocycles. The second-order valence-corrected chi connectivity index (χ2v) is 8.09. The number of fused-ring (bicyclic) bond motifs is 1. The summed E-state index contributed by atoms with van der Waals surface area (Å²) >= 11 is 9.37. The number of rotatable bonds is 6. The van der Waals surface area contributed by atoms with E-state index in [2.05, 4.69) is 44.0 Å². The van der Waals surface area contributed by atoms with Crippen molar-refractivity contribution in [2.45, 2.75) is 13.0 Å². The van der Waals surface area contributed by atoms with Crippen LogP contribution in [0.3, 0.4) is 0 Å². The molecule has 146 valence electrons. The van der Waals surface area contributed by atoms with Crippen molar-refractivity contribution in [1.29, 1.82) is 0 Å². The Hall–Kier alpha value is -2.63. The molecule has 0 spiro atoms. The van der Waals surface area contributed by atoms with Gasteiger partial charge < -0.3 is 9.88 Å². The van der Waals surface area contributed by atoms with Gasteiger partial charge in [0.15, 0.2) is 0 Å². The first-order chi connectivity index (χ1) is 14.1. The van der Waals surface area contributed by atoms with E-state index in [-0.39, 0.29) is 5.91 Å². The van der Waals surface area contributed by atoms with Crippen LogP contribution in [0.4, 0.5) is 0 Å². The number of carbonyl (C=O) groups excluding carboxylic acids is 1. The highest BCUT2D eigenvalue weighted by atomic mass is 79.9. The smallest absolute Gasteiger partial charge is 0.251 e. The summed E-state index contributed by atoms with van der Waals surface area (Å²) in [4.78, 5) is 17.1. The lowest BCUT2D eigenvalue weighted by atomic mass is 10.2. The van der Waals surface area contributed by atoms with Gasteiger partial charge in [-0.05, 0) is 54.1 Å². The Kier molecular flexibility index (Phi) is 5.97. The SMILES string of the molecule is O=C(NCCc1nc2ccccc2n1Cc1ccc(Br)cc1)c1ccc(Cl)cc1. The monoisotopic (exact) mass is 467 g/mol. The topological polar surface area (TPSA) is 46.9 Å². The number of benzene rings is 3. The lowest BCUT2D eigenvalue weighted by Gasteiger charge is -2.10. The van der Waals surface area contributed by atoms with Crippen LogP contribution in [0, 0.1) is 0 Å². The molecule has 0 bridgehead atoms. The van der Waals surface area contributed by atoms with Gasteiger partial charge >= 0.3 is 0 Å². The van der Waals surface area contributed by atoms with E-state index in [1.165, 1.54) is 5.56 Å². The van der Waals surface area contributed by atoms with E-state index in [4.69, 9.17) is 16.6 Å². The van der Waals surface area contributed by atoms with Gasteiger partial charge in [-0.25, -0.2) is 4.98 Å². The number of nitrogens with one attached hydrogen (secondary N) is 1. The molecule has 3 aromatic carbocycles. The predicted molar refractivity (Wildman–Crippen MR) is 120 cm³/mol. The molecule has 0 atom stereocenters. The van der Waals surface area contributed by atoms with Gasteiger partial charge in [0.25, 0.3) is 5.91 Å². The van der Waals surface area contributed by atoms with Crippen LogP contribution in [-0.4, -0.2) is 22.0 Å². The van der Waals surface area contributed by atoms with E-state index >= 15 is 0 Å². The standard InChI is InChI=1S/C23H19BrClN3O/c24-18-9-5-16(6-10-18)15-28-21-4-2-1-3-20(21)27-22(28)13-14-26-23(29)17-7-11-19(25)12-8-17/h1-12H,13-15H2,(H,26,29). The summed E-state index contributed by atoms with van der Waals surface area (Å²) in [5.41, 5.74) is 3.85. The highest BCUT2D eigenvalue weighted by molar-refractivity contribution is 9.10. The number of amides is 1. The molecular weight excluding hydrogens is 450 g/mol. The van der Waals surface area contributed by atoms with Gasteiger partial charge in [0.05, 0.1) is 11.0 Å². The number of aromatic nitrogens is 2. The summed E-state index contributed by atoms with van der Waals surface area (Å²) in [5, 5.41) is 3.58. The van der Waals surface area contributed by atoms with Crippen molar-refractivity contribution < 1.29 is 4.79 Å². The first-order valence-electron chi connectivity index (χ1n) is 9.32. The summed E-state index contributed by atoms with van der Waals surface area (Å²) < 4.78 is 3.27. The van der Waals surface area contributed by atoms with Crippen LogP contribution in [0.2, 0.25) is 5.02 Å². The largest absolute Gasteiger partial charge is 0.352 e. The summed E-state index contributed by atoms with van der Waals surface area (Å²) in [6.07, 6.45) is 0.643. The van der Waals surface area contributed by atoms with Crippen molar-refractivity contribution in [2.24, 2.45) is 0 Å². The number of para-hydroxylation sites is 2. The van der Waals surface area contributed by atoms with E-state index in [9.17, 15) is 4.79 Å². The molecule has 0 fully saturated rings. The van der Waals surface area contributed by atoms with Gasteiger partial charge in [-0.2, -0.15) is 0 Å². The maximum Gasteiger partial charge on any atom is 0.251 e. The molecule has 0 aliphatic rings. The summed E-state index contributed by atoms with van der Waals surface area (Å²) in [6, 6.07) is 23.3. The highest BCUT2D eigenvalue weighted by Gasteiger charge is 2.12. The van der Waals surface area contributed by atoms with E-state index < -0.39 is 0 Å². The molecule has 1 N–H and O–H groups in total. The van der Waals surface area contributed by atoms with Crippen molar-refractivity contribution in [3.8, 4) is 0 Å². The van der Waals surface area contributed by atoms with Crippen LogP contribution in [0.25, 0.3) is 11.0 Å². The van der Waals surface area contributed by atoms with Crippen molar-refractivity contribution in [3.05, 3.63) is 99.2 Å². The lowest BCUT2D eigenvalue weighted by molar-refractivity contribution is 0.0954. The number of nitrogens with zero attached hydrogens (tertiary/aromatic N) is 2. The van der Waals surface area contributed by atoms with Crippen molar-refractivity contribution >= 4 is 44.5 Å². The Balaban J connectivity index is 1.51. The molecule has 29 heavy (non-hydrogen) atoms. The van der Waals surface area contributed by atoms with Crippen molar-refractivity contribution in [1.82, 2.24) is 14.9 Å². The van der Waals surface area contributed by atoms with Crippen LogP contribution in [0.1, 0.15) is 21.7 Å². The van der Waals surface area contributed by atoms with Gasteiger partial charge in [-0.1, -0.05) is 51.8 Å². The Morgan fingerprint density at radius 3 is 2.48 bits per heavy atom. The zero-order valence-corrected chi connectivity index (χ0v) is 18.0. The number of halogens is 2. The lowest BCUT2D eigenvalue weighted by Crippen LogP contribution is -2.26. The average Bonchev–Trinajstić information content (AvgIpc) is 3.07. The molecule has 0 aliphatic heterocycles. The first-order valence-corrected chi connectivity index (χ1v) is 10.5. The minimum atomic E-state index is -0.114. The molecule has 1 aromatic heterocycles. The molecular formula is C23H19BrClN3O. The molecule has 1 amide bonds. The molecule has 0 unspecified atom stereocenters. The maximum absolute atomic E-state index is 12.3. The van der Waals surface area contributed by atoms with Crippen LogP contribution in [0.5, 0.6) is 0 Å². The average molecular weight is 469 g/mol. The second-order valence-electron chi connectivity index (χ2n) is 6.74. The molecule has 4 aromatic rings. The van der Waals surface area contributed by atoms with Crippen LogP contribution < -0.4 is 5.32 Å². The first kappa shape index (κ1) is 19.7. The highest BCUT2D eigenvalue weighted by Crippen LogP contribution is 2.19. The van der Waals surface area contributed by atoms with Gasteiger partial charge in [0.1, 0.15) is 5.82 Å². The fourth-order valence-electron chi connectivity index (χ4n) is 3.26. The van der Waals surface area contributed by atoms with E-state index in [0.29, 0.717) is 23.6 Å². The molecule has 4 nitrogen and oxygen atoms in total. The number of hydrogen-bond acceptors (Lipinski definition) is 2. The molecule has 0 saturated heterocycles. The molecule has 4 rings (SSSR count). The van der Waals surface area contributed by atoms with Crippen LogP contribution >= 0.6 is 27.5 Å². The number of hydrogen-bond donors (Lipinski definition) is 1. The van der Waals surface area contributed by atoms with Gasteiger partial charge in [-0.15, -0.1) is 0 Å². The van der Waals surface area contributed by atoms with Crippen molar-refractivity contribution in [2.75, 3.05) is 6.54 Å². The van der Waals surface area contributed by atoms with Gasteiger partial charge in [0, 0.05) is 34.6 Å². The van der Waals surface area contributed by atoms with E-state index in [1.54, 1.807) is 24.3 Å².